The predicted molar refractivity (Wildman–Crippen MR) is 73.2 cm³/mol. The van der Waals surface area contributed by atoms with Crippen molar-refractivity contribution in [3.05, 3.63) is 35.1 Å². The number of nitrogens with two attached hydrogens (primary N) is 1. The van der Waals surface area contributed by atoms with Crippen molar-refractivity contribution in [1.29, 1.82) is 0 Å². The second-order valence-corrected chi connectivity index (χ2v) is 5.65. The smallest absolute Gasteiger partial charge is 0.248 e. The van der Waals surface area contributed by atoms with Crippen LogP contribution in [0.15, 0.2) is 18.2 Å². The maximum Gasteiger partial charge on any atom is 0.248 e. The van der Waals surface area contributed by atoms with E-state index < -0.39 is 5.91 Å². The minimum atomic E-state index is -0.523. The van der Waals surface area contributed by atoms with Crippen LogP contribution in [0.1, 0.15) is 54.9 Å². The third-order valence-electron chi connectivity index (χ3n) is 3.99. The summed E-state index contributed by atoms with van der Waals surface area (Å²) >= 11 is 0. The third-order valence-corrected chi connectivity index (χ3v) is 3.99. The van der Waals surface area contributed by atoms with Crippen molar-refractivity contribution in [3.8, 4) is 0 Å². The van der Waals surface area contributed by atoms with E-state index in [1.54, 1.807) is 0 Å². The van der Waals surface area contributed by atoms with Crippen LogP contribution < -0.4 is 11.1 Å². The summed E-state index contributed by atoms with van der Waals surface area (Å²) in [6.45, 7) is 2.62. The molecule has 19 heavy (non-hydrogen) atoms. The minimum absolute atomic E-state index is 0.0768. The van der Waals surface area contributed by atoms with Gasteiger partial charge in [0.1, 0.15) is 5.82 Å². The number of primary amides is 1. The van der Waals surface area contributed by atoms with Crippen LogP contribution in [-0.4, -0.2) is 11.4 Å². The van der Waals surface area contributed by atoms with E-state index >= 15 is 0 Å². The van der Waals surface area contributed by atoms with Crippen LogP contribution in [0.25, 0.3) is 0 Å². The Morgan fingerprint density at radius 2 is 2.05 bits per heavy atom. The first-order valence-corrected chi connectivity index (χ1v) is 6.83. The van der Waals surface area contributed by atoms with Gasteiger partial charge < -0.3 is 11.1 Å². The van der Waals surface area contributed by atoms with E-state index in [0.29, 0.717) is 17.7 Å². The van der Waals surface area contributed by atoms with Crippen molar-refractivity contribution < 1.29 is 9.18 Å². The summed E-state index contributed by atoms with van der Waals surface area (Å²) in [7, 11) is 0. The largest absolute Gasteiger partial charge is 0.366 e. The quantitative estimate of drug-likeness (QED) is 0.878. The van der Waals surface area contributed by atoms with Gasteiger partial charge in [-0.2, -0.15) is 0 Å². The molecule has 0 aromatic heterocycles. The SMILES string of the molecule is CC1(NCc2cc(C(N)=O)ccc2F)CCCCC1. The number of hydrogen-bond donors (Lipinski definition) is 2. The average Bonchev–Trinajstić information content (AvgIpc) is 2.38. The minimum Gasteiger partial charge on any atom is -0.366 e. The van der Waals surface area contributed by atoms with Crippen LogP contribution in [0.2, 0.25) is 0 Å². The molecular weight excluding hydrogens is 243 g/mol. The van der Waals surface area contributed by atoms with Gasteiger partial charge in [-0.05, 0) is 38.0 Å². The van der Waals surface area contributed by atoms with Crippen molar-refractivity contribution in [2.45, 2.75) is 51.1 Å². The van der Waals surface area contributed by atoms with Crippen molar-refractivity contribution in [1.82, 2.24) is 5.32 Å². The van der Waals surface area contributed by atoms with Gasteiger partial charge in [0.15, 0.2) is 0 Å². The normalized spacial score (nSPS) is 18.2. The number of carbonyl (C=O) groups is 1. The number of benzene rings is 1. The molecule has 0 aliphatic heterocycles. The predicted octanol–water partition coefficient (Wildman–Crippen LogP) is 2.74. The zero-order valence-corrected chi connectivity index (χ0v) is 11.3. The Bertz CT molecular complexity index is 467. The van der Waals surface area contributed by atoms with Crippen LogP contribution in [0.4, 0.5) is 4.39 Å². The lowest BCUT2D eigenvalue weighted by Crippen LogP contribution is -2.43. The molecule has 1 aromatic carbocycles. The lowest BCUT2D eigenvalue weighted by Gasteiger charge is -2.35. The lowest BCUT2D eigenvalue weighted by molar-refractivity contribution is 0.1000. The van der Waals surface area contributed by atoms with E-state index in [1.165, 1.54) is 37.5 Å². The van der Waals surface area contributed by atoms with Crippen molar-refractivity contribution >= 4 is 5.91 Å². The number of amides is 1. The maximum atomic E-state index is 13.7. The zero-order valence-electron chi connectivity index (χ0n) is 11.3. The molecule has 104 valence electrons. The van der Waals surface area contributed by atoms with Gasteiger partial charge in [-0.3, -0.25) is 4.79 Å². The fourth-order valence-electron chi connectivity index (χ4n) is 2.68. The summed E-state index contributed by atoms with van der Waals surface area (Å²) in [6.07, 6.45) is 5.94. The van der Waals surface area contributed by atoms with E-state index in [0.717, 1.165) is 12.8 Å². The number of nitrogens with one attached hydrogen (secondary N) is 1. The summed E-state index contributed by atoms with van der Waals surface area (Å²) in [5.74, 6) is -0.818. The van der Waals surface area contributed by atoms with Gasteiger partial charge in [0, 0.05) is 23.2 Å². The number of rotatable bonds is 4. The van der Waals surface area contributed by atoms with Gasteiger partial charge >= 0.3 is 0 Å². The molecule has 1 fully saturated rings. The van der Waals surface area contributed by atoms with Crippen LogP contribution in [0.5, 0.6) is 0 Å². The highest BCUT2D eigenvalue weighted by molar-refractivity contribution is 5.92. The fraction of sp³-hybridized carbons (Fsp3) is 0.533. The topological polar surface area (TPSA) is 55.1 Å². The first kappa shape index (κ1) is 14.0. The lowest BCUT2D eigenvalue weighted by atomic mass is 9.83. The number of carbonyl (C=O) groups excluding carboxylic acids is 1. The van der Waals surface area contributed by atoms with E-state index in [1.807, 2.05) is 0 Å². The molecular formula is C15H21FN2O. The Morgan fingerprint density at radius 1 is 1.37 bits per heavy atom. The van der Waals surface area contributed by atoms with Gasteiger partial charge in [-0.1, -0.05) is 19.3 Å². The first-order chi connectivity index (χ1) is 9.00. The molecule has 1 amide bonds. The molecule has 1 aromatic rings. The molecule has 0 atom stereocenters. The summed E-state index contributed by atoms with van der Waals surface area (Å²) in [4.78, 5) is 11.1. The number of hydrogen-bond acceptors (Lipinski definition) is 2. The van der Waals surface area contributed by atoms with Crippen molar-refractivity contribution in [2.75, 3.05) is 0 Å². The molecule has 0 spiro atoms. The Labute approximate surface area is 113 Å². The van der Waals surface area contributed by atoms with Crippen LogP contribution in [-0.2, 0) is 6.54 Å². The van der Waals surface area contributed by atoms with Gasteiger partial charge in [0.05, 0.1) is 0 Å². The Hall–Kier alpha value is -1.42. The van der Waals surface area contributed by atoms with Crippen LogP contribution in [0, 0.1) is 5.82 Å². The fourth-order valence-corrected chi connectivity index (χ4v) is 2.68. The maximum absolute atomic E-state index is 13.7. The molecule has 1 saturated carbocycles. The summed E-state index contributed by atoms with van der Waals surface area (Å²) < 4.78 is 13.7. The molecule has 1 aliphatic carbocycles. The highest BCUT2D eigenvalue weighted by Crippen LogP contribution is 2.28. The average molecular weight is 264 g/mol. The summed E-state index contributed by atoms with van der Waals surface area (Å²) in [6, 6.07) is 4.26. The van der Waals surface area contributed by atoms with E-state index in [2.05, 4.69) is 12.2 Å². The van der Waals surface area contributed by atoms with Crippen LogP contribution >= 0.6 is 0 Å². The summed E-state index contributed by atoms with van der Waals surface area (Å²) in [5, 5.41) is 3.43. The highest BCUT2D eigenvalue weighted by Gasteiger charge is 2.26. The van der Waals surface area contributed by atoms with E-state index in [-0.39, 0.29) is 11.4 Å². The second-order valence-electron chi connectivity index (χ2n) is 5.65. The van der Waals surface area contributed by atoms with E-state index in [9.17, 15) is 9.18 Å². The molecule has 0 saturated heterocycles. The molecule has 4 heteroatoms. The molecule has 0 unspecified atom stereocenters. The Balaban J connectivity index is 2.06. The number of halogens is 1. The molecule has 0 heterocycles. The zero-order chi connectivity index (χ0) is 13.9. The van der Waals surface area contributed by atoms with Gasteiger partial charge in [-0.15, -0.1) is 0 Å². The molecule has 1 aliphatic rings. The molecule has 3 nitrogen and oxygen atoms in total. The Kier molecular flexibility index (Phi) is 4.20. The van der Waals surface area contributed by atoms with Gasteiger partial charge in [0.25, 0.3) is 0 Å². The first-order valence-electron chi connectivity index (χ1n) is 6.83. The van der Waals surface area contributed by atoms with Crippen molar-refractivity contribution in [2.24, 2.45) is 5.73 Å². The molecule has 0 radical (unpaired) electrons. The molecule has 3 N–H and O–H groups in total. The van der Waals surface area contributed by atoms with Gasteiger partial charge in [0.2, 0.25) is 5.91 Å². The standard InChI is InChI=1S/C15H21FN2O/c1-15(7-3-2-4-8-15)18-10-12-9-11(14(17)19)5-6-13(12)16/h5-6,9,18H,2-4,7-8,10H2,1H3,(H2,17,19). The highest BCUT2D eigenvalue weighted by atomic mass is 19.1. The summed E-state index contributed by atoms with van der Waals surface area (Å²) in [5.41, 5.74) is 6.15. The van der Waals surface area contributed by atoms with Crippen molar-refractivity contribution in [3.63, 3.8) is 0 Å². The third kappa shape index (κ3) is 3.53. The molecule has 0 bridgehead atoms. The Morgan fingerprint density at radius 3 is 2.68 bits per heavy atom. The van der Waals surface area contributed by atoms with Gasteiger partial charge in [-0.25, -0.2) is 4.39 Å². The molecule has 2 rings (SSSR count). The van der Waals surface area contributed by atoms with Crippen LogP contribution in [0.3, 0.4) is 0 Å². The monoisotopic (exact) mass is 264 g/mol. The second kappa shape index (κ2) is 5.70. The van der Waals surface area contributed by atoms with E-state index in [4.69, 9.17) is 5.73 Å².